The first-order valence-corrected chi connectivity index (χ1v) is 6.48. The number of piperidine rings is 1. The molecule has 0 saturated carbocycles. The third kappa shape index (κ3) is 4.86. The number of nitrogens with zero attached hydrogens (tertiary/aromatic N) is 1. The molecule has 0 aromatic heterocycles. The molecule has 5 N–H and O–H groups in total. The van der Waals surface area contributed by atoms with Crippen molar-refractivity contribution in [3.8, 4) is 0 Å². The second kappa shape index (κ2) is 7.08. The van der Waals surface area contributed by atoms with Gasteiger partial charge in [-0.15, -0.1) is 0 Å². The summed E-state index contributed by atoms with van der Waals surface area (Å²) in [6.07, 6.45) is 2.89. The number of rotatable bonds is 6. The molecule has 2 atom stereocenters. The summed E-state index contributed by atoms with van der Waals surface area (Å²) < 4.78 is 0. The van der Waals surface area contributed by atoms with E-state index in [0.717, 1.165) is 19.3 Å². The minimum atomic E-state index is -0.928. The molecule has 108 valence electrons. The van der Waals surface area contributed by atoms with Gasteiger partial charge in [0.1, 0.15) is 0 Å². The van der Waals surface area contributed by atoms with Crippen LogP contribution in [-0.4, -0.2) is 46.4 Å². The van der Waals surface area contributed by atoms with E-state index in [-0.39, 0.29) is 24.8 Å². The molecule has 0 aromatic carbocycles. The van der Waals surface area contributed by atoms with Gasteiger partial charge in [0, 0.05) is 19.0 Å². The van der Waals surface area contributed by atoms with Crippen LogP contribution < -0.4 is 11.5 Å². The third-order valence-electron chi connectivity index (χ3n) is 3.34. The summed E-state index contributed by atoms with van der Waals surface area (Å²) in [5, 5.41) is 8.71. The van der Waals surface area contributed by atoms with Crippen molar-refractivity contribution in [3.05, 3.63) is 0 Å². The van der Waals surface area contributed by atoms with Crippen molar-refractivity contribution in [1.82, 2.24) is 4.90 Å². The number of nitrogens with two attached hydrogens (primary N) is 2. The zero-order valence-corrected chi connectivity index (χ0v) is 10.9. The van der Waals surface area contributed by atoms with E-state index < -0.39 is 17.9 Å². The lowest BCUT2D eigenvalue weighted by Crippen LogP contribution is -2.51. The van der Waals surface area contributed by atoms with Crippen molar-refractivity contribution in [2.45, 2.75) is 50.6 Å². The van der Waals surface area contributed by atoms with Crippen LogP contribution in [0.25, 0.3) is 0 Å². The molecular formula is C12H21N3O4. The van der Waals surface area contributed by atoms with Crippen LogP contribution in [0, 0.1) is 0 Å². The van der Waals surface area contributed by atoms with Gasteiger partial charge in [-0.05, 0) is 25.7 Å². The van der Waals surface area contributed by atoms with Gasteiger partial charge in [-0.2, -0.15) is 0 Å². The zero-order chi connectivity index (χ0) is 14.4. The summed E-state index contributed by atoms with van der Waals surface area (Å²) in [7, 11) is 0. The molecule has 1 aliphatic heterocycles. The summed E-state index contributed by atoms with van der Waals surface area (Å²) in [6.45, 7) is 0.565. The van der Waals surface area contributed by atoms with Crippen LogP contribution in [-0.2, 0) is 14.4 Å². The Bertz CT molecular complexity index is 359. The third-order valence-corrected chi connectivity index (χ3v) is 3.34. The molecule has 1 rings (SSSR count). The maximum atomic E-state index is 12.1. The Labute approximate surface area is 111 Å². The molecule has 2 unspecified atom stereocenters. The second-order valence-corrected chi connectivity index (χ2v) is 4.89. The monoisotopic (exact) mass is 271 g/mol. The zero-order valence-electron chi connectivity index (χ0n) is 10.9. The Hall–Kier alpha value is -1.63. The van der Waals surface area contributed by atoms with Crippen LogP contribution in [0.2, 0.25) is 0 Å². The minimum absolute atomic E-state index is 0.0273. The van der Waals surface area contributed by atoms with Crippen LogP contribution in [0.3, 0.4) is 0 Å². The molecule has 7 heteroatoms. The van der Waals surface area contributed by atoms with Crippen LogP contribution in [0.4, 0.5) is 0 Å². The summed E-state index contributed by atoms with van der Waals surface area (Å²) in [5.74, 6) is -1.80. The van der Waals surface area contributed by atoms with E-state index in [0.29, 0.717) is 13.0 Å². The molecule has 1 aliphatic rings. The van der Waals surface area contributed by atoms with E-state index in [1.54, 1.807) is 4.90 Å². The van der Waals surface area contributed by atoms with E-state index >= 15 is 0 Å². The van der Waals surface area contributed by atoms with Crippen LogP contribution in [0.15, 0.2) is 0 Å². The Balaban J connectivity index is 2.62. The number of carboxylic acids is 1. The normalized spacial score (nSPS) is 20.9. The van der Waals surface area contributed by atoms with Crippen LogP contribution >= 0.6 is 0 Å². The molecule has 1 heterocycles. The lowest BCUT2D eigenvalue weighted by molar-refractivity contribution is -0.141. The highest BCUT2D eigenvalue weighted by Gasteiger charge is 2.30. The molecule has 0 spiro atoms. The van der Waals surface area contributed by atoms with E-state index in [9.17, 15) is 14.4 Å². The fourth-order valence-electron chi connectivity index (χ4n) is 2.40. The highest BCUT2D eigenvalue weighted by atomic mass is 16.4. The smallest absolute Gasteiger partial charge is 0.303 e. The van der Waals surface area contributed by atoms with Crippen molar-refractivity contribution >= 4 is 17.8 Å². The summed E-state index contributed by atoms with van der Waals surface area (Å²) >= 11 is 0. The summed E-state index contributed by atoms with van der Waals surface area (Å²) in [5.41, 5.74) is 10.7. The Morgan fingerprint density at radius 3 is 2.58 bits per heavy atom. The lowest BCUT2D eigenvalue weighted by Gasteiger charge is -2.37. The molecule has 19 heavy (non-hydrogen) atoms. The minimum Gasteiger partial charge on any atom is -0.481 e. The molecule has 2 amide bonds. The molecule has 1 fully saturated rings. The number of primary amides is 1. The first kappa shape index (κ1) is 15.4. The van der Waals surface area contributed by atoms with Gasteiger partial charge in [0.25, 0.3) is 0 Å². The van der Waals surface area contributed by atoms with Gasteiger partial charge in [0.2, 0.25) is 11.8 Å². The molecule has 1 saturated heterocycles. The average molecular weight is 271 g/mol. The van der Waals surface area contributed by atoms with Gasteiger partial charge in [0.15, 0.2) is 0 Å². The molecular weight excluding hydrogens is 250 g/mol. The SMILES string of the molecule is NC(=O)CC(N)C(=O)N1CCCCC1CCC(=O)O. The van der Waals surface area contributed by atoms with Crippen molar-refractivity contribution in [2.24, 2.45) is 11.5 Å². The van der Waals surface area contributed by atoms with Crippen molar-refractivity contribution < 1.29 is 19.5 Å². The molecule has 0 aliphatic carbocycles. The number of hydrogen-bond donors (Lipinski definition) is 3. The quantitative estimate of drug-likeness (QED) is 0.596. The topological polar surface area (TPSA) is 127 Å². The molecule has 0 radical (unpaired) electrons. The van der Waals surface area contributed by atoms with Gasteiger partial charge in [-0.25, -0.2) is 0 Å². The van der Waals surface area contributed by atoms with Gasteiger partial charge >= 0.3 is 5.97 Å². The van der Waals surface area contributed by atoms with Gasteiger partial charge in [-0.1, -0.05) is 0 Å². The maximum Gasteiger partial charge on any atom is 0.303 e. The fraction of sp³-hybridized carbons (Fsp3) is 0.750. The Morgan fingerprint density at radius 1 is 1.32 bits per heavy atom. The van der Waals surface area contributed by atoms with E-state index in [1.807, 2.05) is 0 Å². The van der Waals surface area contributed by atoms with Crippen molar-refractivity contribution in [1.29, 1.82) is 0 Å². The van der Waals surface area contributed by atoms with Gasteiger partial charge < -0.3 is 21.5 Å². The molecule has 0 aromatic rings. The van der Waals surface area contributed by atoms with Crippen molar-refractivity contribution in [2.75, 3.05) is 6.54 Å². The first-order chi connectivity index (χ1) is 8.91. The van der Waals surface area contributed by atoms with E-state index in [4.69, 9.17) is 16.6 Å². The van der Waals surface area contributed by atoms with E-state index in [1.165, 1.54) is 0 Å². The summed E-state index contributed by atoms with van der Waals surface area (Å²) in [4.78, 5) is 35.1. The largest absolute Gasteiger partial charge is 0.481 e. The van der Waals surface area contributed by atoms with Crippen LogP contribution in [0.1, 0.15) is 38.5 Å². The Kier molecular flexibility index (Phi) is 5.75. The maximum absolute atomic E-state index is 12.1. The van der Waals surface area contributed by atoms with Gasteiger partial charge in [-0.3, -0.25) is 14.4 Å². The number of carboxylic acid groups (broad SMARTS) is 1. The number of hydrogen-bond acceptors (Lipinski definition) is 4. The average Bonchev–Trinajstić information content (AvgIpc) is 2.35. The number of carbonyl (C=O) groups is 3. The van der Waals surface area contributed by atoms with Crippen molar-refractivity contribution in [3.63, 3.8) is 0 Å². The number of carbonyl (C=O) groups excluding carboxylic acids is 2. The second-order valence-electron chi connectivity index (χ2n) is 4.89. The number of amides is 2. The first-order valence-electron chi connectivity index (χ1n) is 6.48. The summed E-state index contributed by atoms with van der Waals surface area (Å²) in [6, 6.07) is -1.03. The van der Waals surface area contributed by atoms with E-state index in [2.05, 4.69) is 0 Å². The molecule has 7 nitrogen and oxygen atoms in total. The highest BCUT2D eigenvalue weighted by molar-refractivity contribution is 5.87. The highest BCUT2D eigenvalue weighted by Crippen LogP contribution is 2.21. The van der Waals surface area contributed by atoms with Gasteiger partial charge in [0.05, 0.1) is 12.5 Å². The standard InChI is InChI=1S/C12H21N3O4/c13-9(7-10(14)16)12(19)15-6-2-1-3-8(15)4-5-11(17)18/h8-9H,1-7,13H2,(H2,14,16)(H,17,18). The number of likely N-dealkylation sites (tertiary alicyclic amines) is 1. The fourth-order valence-corrected chi connectivity index (χ4v) is 2.40. The molecule has 0 bridgehead atoms. The number of aliphatic carboxylic acids is 1. The Morgan fingerprint density at radius 2 is 2.00 bits per heavy atom. The van der Waals surface area contributed by atoms with Crippen LogP contribution in [0.5, 0.6) is 0 Å². The predicted molar refractivity (Wildman–Crippen MR) is 68.0 cm³/mol. The lowest BCUT2D eigenvalue weighted by atomic mass is 9.96. The predicted octanol–water partition coefficient (Wildman–Crippen LogP) is -0.565.